The van der Waals surface area contributed by atoms with E-state index in [1.54, 1.807) is 31.0 Å². The Bertz CT molecular complexity index is 1180. The molecule has 8 nitrogen and oxygen atoms in total. The molecule has 2 aromatic rings. The minimum atomic E-state index is -0.375. The van der Waals surface area contributed by atoms with Gasteiger partial charge in [-0.1, -0.05) is 49.9 Å². The Hall–Kier alpha value is -3.46. The molecule has 0 aliphatic carbocycles. The number of rotatable bonds is 7. The Balaban J connectivity index is 1.54. The molecule has 1 saturated heterocycles. The zero-order chi connectivity index (χ0) is 25.7. The van der Waals surface area contributed by atoms with Crippen LogP contribution in [0.1, 0.15) is 38.8 Å². The molecule has 0 spiro atoms. The molecule has 0 bridgehead atoms. The number of urea groups is 1. The maximum atomic E-state index is 13.2. The predicted molar refractivity (Wildman–Crippen MR) is 145 cm³/mol. The third kappa shape index (κ3) is 5.84. The average Bonchev–Trinajstić information content (AvgIpc) is 2.87. The van der Waals surface area contributed by atoms with Crippen LogP contribution in [-0.4, -0.2) is 48.1 Å². The zero-order valence-corrected chi connectivity index (χ0v) is 21.9. The molecular formula is C27H32N4O4S. The van der Waals surface area contributed by atoms with E-state index in [2.05, 4.69) is 15.5 Å². The number of amidine groups is 1. The van der Waals surface area contributed by atoms with Crippen molar-refractivity contribution in [3.05, 3.63) is 65.4 Å². The number of amides is 2. The molecule has 1 atom stereocenters. The molecule has 2 aromatic carbocycles. The van der Waals surface area contributed by atoms with E-state index in [1.807, 2.05) is 57.2 Å². The van der Waals surface area contributed by atoms with Gasteiger partial charge in [0.25, 0.3) is 0 Å². The van der Waals surface area contributed by atoms with Crippen LogP contribution in [0.25, 0.3) is 0 Å². The van der Waals surface area contributed by atoms with Gasteiger partial charge < -0.3 is 25.0 Å². The number of aliphatic imine (C=N–C) groups is 1. The average molecular weight is 509 g/mol. The molecule has 0 unspecified atom stereocenters. The standard InChI is InChI=1S/C27H32N4O4S/c1-17(2)16-35-25(32)23-18(3)28-27-31(14-7-15-36-27)24(23)19-10-12-20(13-11-19)29-26(33)30-21-8-5-6-9-22(21)34-4/h5-6,8-13,17,24H,7,14-16H2,1-4H3,(H2,29,30,33)/t24-/m1/s1. The number of thioether (sulfide) groups is 1. The molecular weight excluding hydrogens is 476 g/mol. The SMILES string of the molecule is COc1ccccc1NC(=O)Nc1ccc([C@@H]2C(C(=O)OCC(C)C)=C(C)N=C3SCCCN32)cc1. The number of fused-ring (bicyclic) bond motifs is 1. The van der Waals surface area contributed by atoms with Crippen LogP contribution in [0.3, 0.4) is 0 Å². The molecule has 4 rings (SSSR count). The fraction of sp³-hybridized carbons (Fsp3) is 0.370. The first-order chi connectivity index (χ1) is 17.4. The fourth-order valence-electron chi connectivity index (χ4n) is 4.18. The Morgan fingerprint density at radius 1 is 1.14 bits per heavy atom. The zero-order valence-electron chi connectivity index (χ0n) is 21.0. The normalized spacial score (nSPS) is 17.3. The number of hydrogen-bond acceptors (Lipinski definition) is 7. The molecule has 2 aliphatic heterocycles. The molecule has 2 amide bonds. The van der Waals surface area contributed by atoms with Gasteiger partial charge in [0.15, 0.2) is 5.17 Å². The number of esters is 1. The van der Waals surface area contributed by atoms with Gasteiger partial charge in [-0.2, -0.15) is 0 Å². The molecule has 9 heteroatoms. The van der Waals surface area contributed by atoms with Crippen LogP contribution in [0.15, 0.2) is 64.8 Å². The summed E-state index contributed by atoms with van der Waals surface area (Å²) in [5.74, 6) is 1.50. The summed E-state index contributed by atoms with van der Waals surface area (Å²) in [6.07, 6.45) is 1.01. The second kappa shape index (κ2) is 11.5. The lowest BCUT2D eigenvalue weighted by molar-refractivity contribution is -0.140. The highest BCUT2D eigenvalue weighted by Crippen LogP contribution is 2.40. The van der Waals surface area contributed by atoms with E-state index in [0.717, 1.165) is 29.4 Å². The predicted octanol–water partition coefficient (Wildman–Crippen LogP) is 5.66. The number of nitrogens with zero attached hydrogens (tertiary/aromatic N) is 2. The fourth-order valence-corrected chi connectivity index (χ4v) is 5.20. The summed E-state index contributed by atoms with van der Waals surface area (Å²) < 4.78 is 10.9. The summed E-state index contributed by atoms with van der Waals surface area (Å²) in [5.41, 5.74) is 3.41. The van der Waals surface area contributed by atoms with Crippen LogP contribution in [-0.2, 0) is 9.53 Å². The van der Waals surface area contributed by atoms with Crippen molar-refractivity contribution in [2.45, 2.75) is 33.2 Å². The second-order valence-electron chi connectivity index (χ2n) is 9.09. The molecule has 36 heavy (non-hydrogen) atoms. The number of allylic oxidation sites excluding steroid dienone is 1. The molecule has 2 aliphatic rings. The first kappa shape index (κ1) is 25.6. The number of carbonyl (C=O) groups excluding carboxylic acids is 2. The Morgan fingerprint density at radius 3 is 2.61 bits per heavy atom. The third-order valence-corrected chi connectivity index (χ3v) is 6.94. The number of benzene rings is 2. The highest BCUT2D eigenvalue weighted by Gasteiger charge is 2.38. The molecule has 0 radical (unpaired) electrons. The largest absolute Gasteiger partial charge is 0.495 e. The van der Waals surface area contributed by atoms with Gasteiger partial charge in [-0.15, -0.1) is 0 Å². The van der Waals surface area contributed by atoms with E-state index < -0.39 is 0 Å². The van der Waals surface area contributed by atoms with Gasteiger partial charge in [-0.05, 0) is 49.1 Å². The number of methoxy groups -OCH3 is 1. The summed E-state index contributed by atoms with van der Waals surface area (Å²) in [6, 6.07) is 14.1. The van der Waals surface area contributed by atoms with Crippen LogP contribution in [0.5, 0.6) is 5.75 Å². The van der Waals surface area contributed by atoms with Gasteiger partial charge in [0, 0.05) is 18.0 Å². The molecule has 2 N–H and O–H groups in total. The summed E-state index contributed by atoms with van der Waals surface area (Å²) in [4.78, 5) is 32.6. The van der Waals surface area contributed by atoms with Crippen LogP contribution >= 0.6 is 11.8 Å². The van der Waals surface area contributed by atoms with E-state index in [9.17, 15) is 9.59 Å². The number of anilines is 2. The summed E-state index contributed by atoms with van der Waals surface area (Å²) in [7, 11) is 1.56. The molecule has 0 saturated carbocycles. The summed E-state index contributed by atoms with van der Waals surface area (Å²) in [6.45, 7) is 7.07. The monoisotopic (exact) mass is 508 g/mol. The van der Waals surface area contributed by atoms with Gasteiger partial charge in [-0.25, -0.2) is 14.6 Å². The van der Waals surface area contributed by atoms with Crippen LogP contribution in [0, 0.1) is 5.92 Å². The number of carbonyl (C=O) groups is 2. The molecule has 2 heterocycles. The smallest absolute Gasteiger partial charge is 0.338 e. The summed E-state index contributed by atoms with van der Waals surface area (Å²) in [5, 5.41) is 6.59. The molecule has 0 aromatic heterocycles. The highest BCUT2D eigenvalue weighted by molar-refractivity contribution is 8.13. The van der Waals surface area contributed by atoms with Gasteiger partial charge in [0.2, 0.25) is 0 Å². The van der Waals surface area contributed by atoms with Crippen LogP contribution < -0.4 is 15.4 Å². The second-order valence-corrected chi connectivity index (χ2v) is 10.1. The van der Waals surface area contributed by atoms with Crippen LogP contribution in [0.4, 0.5) is 16.2 Å². The minimum absolute atomic E-state index is 0.244. The van der Waals surface area contributed by atoms with E-state index in [1.165, 1.54) is 0 Å². The van der Waals surface area contributed by atoms with Crippen molar-refractivity contribution >= 4 is 40.3 Å². The van der Waals surface area contributed by atoms with E-state index in [0.29, 0.717) is 35.0 Å². The first-order valence-corrected chi connectivity index (χ1v) is 13.0. The van der Waals surface area contributed by atoms with Crippen LogP contribution in [0.2, 0.25) is 0 Å². The maximum absolute atomic E-state index is 13.2. The Morgan fingerprint density at radius 2 is 1.89 bits per heavy atom. The van der Waals surface area contributed by atoms with Crippen molar-refractivity contribution in [1.29, 1.82) is 0 Å². The maximum Gasteiger partial charge on any atom is 0.338 e. The Kier molecular flexibility index (Phi) is 8.20. The van der Waals surface area contributed by atoms with E-state index >= 15 is 0 Å². The molecule has 190 valence electrons. The van der Waals surface area contributed by atoms with Gasteiger partial charge >= 0.3 is 12.0 Å². The number of nitrogens with one attached hydrogen (secondary N) is 2. The highest BCUT2D eigenvalue weighted by atomic mass is 32.2. The number of ether oxygens (including phenoxy) is 2. The van der Waals surface area contributed by atoms with Crippen molar-refractivity contribution in [2.75, 3.05) is 36.6 Å². The van der Waals surface area contributed by atoms with E-state index in [4.69, 9.17) is 14.5 Å². The lowest BCUT2D eigenvalue weighted by Gasteiger charge is -2.40. The third-order valence-electron chi connectivity index (χ3n) is 5.87. The van der Waals surface area contributed by atoms with Crippen molar-refractivity contribution < 1.29 is 19.1 Å². The van der Waals surface area contributed by atoms with E-state index in [-0.39, 0.29) is 24.0 Å². The van der Waals surface area contributed by atoms with Gasteiger partial charge in [-0.3, -0.25) is 0 Å². The van der Waals surface area contributed by atoms with Crippen molar-refractivity contribution in [3.8, 4) is 5.75 Å². The van der Waals surface area contributed by atoms with Gasteiger partial charge in [0.05, 0.1) is 36.7 Å². The molecule has 1 fully saturated rings. The lowest BCUT2D eigenvalue weighted by Crippen LogP contribution is -2.42. The number of para-hydroxylation sites is 2. The Labute approximate surface area is 216 Å². The number of hydrogen-bond donors (Lipinski definition) is 2. The lowest BCUT2D eigenvalue weighted by atomic mass is 9.94. The van der Waals surface area contributed by atoms with Gasteiger partial charge in [0.1, 0.15) is 5.75 Å². The summed E-state index contributed by atoms with van der Waals surface area (Å²) >= 11 is 1.71. The quantitative estimate of drug-likeness (QED) is 0.469. The minimum Gasteiger partial charge on any atom is -0.495 e. The van der Waals surface area contributed by atoms with Crippen molar-refractivity contribution in [1.82, 2.24) is 4.90 Å². The topological polar surface area (TPSA) is 92.3 Å². The van der Waals surface area contributed by atoms with Crippen molar-refractivity contribution in [3.63, 3.8) is 0 Å². The van der Waals surface area contributed by atoms with Crippen molar-refractivity contribution in [2.24, 2.45) is 10.9 Å². The first-order valence-electron chi connectivity index (χ1n) is 12.0.